The molecule has 0 unspecified atom stereocenters. The zero-order valence-electron chi connectivity index (χ0n) is 10.5. The quantitative estimate of drug-likeness (QED) is 0.684. The summed E-state index contributed by atoms with van der Waals surface area (Å²) >= 11 is 1.78. The maximum atomic E-state index is 4.15. The molecule has 94 valence electrons. The van der Waals surface area contributed by atoms with E-state index >= 15 is 0 Å². The van der Waals surface area contributed by atoms with Crippen molar-refractivity contribution in [1.29, 1.82) is 0 Å². The highest BCUT2D eigenvalue weighted by molar-refractivity contribution is 7.13. The minimum atomic E-state index is 0.943. The number of benzene rings is 1. The predicted molar refractivity (Wildman–Crippen MR) is 82.4 cm³/mol. The van der Waals surface area contributed by atoms with E-state index < -0.39 is 0 Å². The highest BCUT2D eigenvalue weighted by Crippen LogP contribution is 2.37. The second kappa shape index (κ2) is 4.00. The third-order valence-electron chi connectivity index (χ3n) is 3.73. The van der Waals surface area contributed by atoms with Crippen molar-refractivity contribution in [3.8, 4) is 10.6 Å². The van der Waals surface area contributed by atoms with Gasteiger partial charge in [0.05, 0.1) is 10.6 Å². The lowest BCUT2D eigenvalue weighted by Gasteiger charge is -2.06. The second-order valence-corrected chi connectivity index (χ2v) is 5.79. The summed E-state index contributed by atoms with van der Waals surface area (Å²) in [6.07, 6.45) is 1.03. The lowest BCUT2D eigenvalue weighted by atomic mass is 10.0. The zero-order chi connectivity index (χ0) is 12.8. The summed E-state index contributed by atoms with van der Waals surface area (Å²) in [7, 11) is 0. The molecule has 3 heterocycles. The predicted octanol–water partition coefficient (Wildman–Crippen LogP) is 4.01. The van der Waals surface area contributed by atoms with Crippen molar-refractivity contribution >= 4 is 27.9 Å². The topological polar surface area (TPSA) is 27.8 Å². The van der Waals surface area contributed by atoms with Crippen LogP contribution < -0.4 is 5.32 Å². The minimum absolute atomic E-state index is 0.943. The SMILES string of the molecule is C=C1NCCc2c(-c3cccs3)[nH]c3cccc1c23. The van der Waals surface area contributed by atoms with Gasteiger partial charge in [0.25, 0.3) is 0 Å². The normalized spacial score (nSPS) is 14.4. The molecule has 0 fully saturated rings. The van der Waals surface area contributed by atoms with E-state index in [9.17, 15) is 0 Å². The van der Waals surface area contributed by atoms with Gasteiger partial charge in [0.15, 0.2) is 0 Å². The monoisotopic (exact) mass is 266 g/mol. The number of rotatable bonds is 1. The van der Waals surface area contributed by atoms with E-state index in [1.807, 2.05) is 0 Å². The first-order valence-electron chi connectivity index (χ1n) is 6.45. The van der Waals surface area contributed by atoms with Crippen molar-refractivity contribution < 1.29 is 0 Å². The Labute approximate surface area is 115 Å². The smallest absolute Gasteiger partial charge is 0.0599 e. The fourth-order valence-electron chi connectivity index (χ4n) is 2.88. The van der Waals surface area contributed by atoms with Crippen LogP contribution in [0.2, 0.25) is 0 Å². The first-order valence-corrected chi connectivity index (χ1v) is 7.33. The van der Waals surface area contributed by atoms with Crippen molar-refractivity contribution in [3.05, 3.63) is 53.4 Å². The number of hydrogen-bond donors (Lipinski definition) is 2. The van der Waals surface area contributed by atoms with Gasteiger partial charge in [0, 0.05) is 28.7 Å². The molecule has 3 heteroatoms. The van der Waals surface area contributed by atoms with E-state index in [4.69, 9.17) is 0 Å². The van der Waals surface area contributed by atoms with E-state index in [-0.39, 0.29) is 0 Å². The van der Waals surface area contributed by atoms with Gasteiger partial charge in [-0.15, -0.1) is 11.3 Å². The van der Waals surface area contributed by atoms with E-state index in [0.29, 0.717) is 0 Å². The molecule has 2 aromatic heterocycles. The molecule has 0 spiro atoms. The van der Waals surface area contributed by atoms with Gasteiger partial charge in [-0.2, -0.15) is 0 Å². The summed E-state index contributed by atoms with van der Waals surface area (Å²) in [6, 6.07) is 10.7. The summed E-state index contributed by atoms with van der Waals surface area (Å²) in [5.74, 6) is 0. The maximum absolute atomic E-state index is 4.15. The first kappa shape index (κ1) is 10.9. The summed E-state index contributed by atoms with van der Waals surface area (Å²) in [5, 5.41) is 6.87. The number of hydrogen-bond acceptors (Lipinski definition) is 2. The van der Waals surface area contributed by atoms with Crippen LogP contribution in [0.5, 0.6) is 0 Å². The molecule has 1 aliphatic rings. The first-order chi connectivity index (χ1) is 9.34. The number of thiophene rings is 1. The number of aromatic amines is 1. The van der Waals surface area contributed by atoms with Gasteiger partial charge >= 0.3 is 0 Å². The molecule has 19 heavy (non-hydrogen) atoms. The highest BCUT2D eigenvalue weighted by Gasteiger charge is 2.19. The Morgan fingerprint density at radius 1 is 1.16 bits per heavy atom. The molecule has 0 amide bonds. The van der Waals surface area contributed by atoms with E-state index in [2.05, 4.69) is 52.6 Å². The minimum Gasteiger partial charge on any atom is -0.385 e. The Kier molecular flexibility index (Phi) is 2.29. The third-order valence-corrected chi connectivity index (χ3v) is 4.62. The molecule has 4 rings (SSSR count). The van der Waals surface area contributed by atoms with Crippen molar-refractivity contribution in [1.82, 2.24) is 10.3 Å². The number of nitrogens with one attached hydrogen (secondary N) is 2. The molecular formula is C16H14N2S. The van der Waals surface area contributed by atoms with Crippen molar-refractivity contribution in [2.45, 2.75) is 6.42 Å². The van der Waals surface area contributed by atoms with E-state index in [1.54, 1.807) is 11.3 Å². The fourth-order valence-corrected chi connectivity index (χ4v) is 3.64. The largest absolute Gasteiger partial charge is 0.385 e. The van der Waals surface area contributed by atoms with Crippen LogP contribution in [-0.4, -0.2) is 11.5 Å². The van der Waals surface area contributed by atoms with Crippen LogP contribution in [0.3, 0.4) is 0 Å². The average Bonchev–Trinajstić information content (AvgIpc) is 3.01. The number of aromatic nitrogens is 1. The molecule has 2 N–H and O–H groups in total. The summed E-state index contributed by atoms with van der Waals surface area (Å²) in [5.41, 5.74) is 6.15. The van der Waals surface area contributed by atoms with Crippen LogP contribution in [0.4, 0.5) is 0 Å². The summed E-state index contributed by atoms with van der Waals surface area (Å²) < 4.78 is 0. The van der Waals surface area contributed by atoms with Crippen LogP contribution in [0.15, 0.2) is 42.3 Å². The van der Waals surface area contributed by atoms with Gasteiger partial charge in [0.2, 0.25) is 0 Å². The van der Waals surface area contributed by atoms with Crippen molar-refractivity contribution in [2.75, 3.05) is 6.54 Å². The van der Waals surface area contributed by atoms with Gasteiger partial charge in [-0.1, -0.05) is 24.8 Å². The molecule has 0 radical (unpaired) electrons. The lowest BCUT2D eigenvalue weighted by molar-refractivity contribution is 0.863. The van der Waals surface area contributed by atoms with Crippen LogP contribution in [0.1, 0.15) is 11.1 Å². The molecule has 3 aromatic rings. The van der Waals surface area contributed by atoms with Gasteiger partial charge in [-0.05, 0) is 29.5 Å². The molecule has 1 aromatic carbocycles. The molecule has 1 aliphatic heterocycles. The van der Waals surface area contributed by atoms with E-state index in [0.717, 1.165) is 18.7 Å². The lowest BCUT2D eigenvalue weighted by Crippen LogP contribution is -2.12. The molecule has 0 saturated heterocycles. The van der Waals surface area contributed by atoms with Gasteiger partial charge < -0.3 is 10.3 Å². The second-order valence-electron chi connectivity index (χ2n) is 4.84. The Morgan fingerprint density at radius 3 is 2.95 bits per heavy atom. The Bertz CT molecular complexity index is 766. The van der Waals surface area contributed by atoms with Gasteiger partial charge in [0.1, 0.15) is 0 Å². The number of H-pyrrole nitrogens is 1. The molecule has 2 nitrogen and oxygen atoms in total. The Morgan fingerprint density at radius 2 is 2.11 bits per heavy atom. The van der Waals surface area contributed by atoms with E-state index in [1.165, 1.54) is 32.6 Å². The average molecular weight is 266 g/mol. The summed E-state index contributed by atoms with van der Waals surface area (Å²) in [4.78, 5) is 4.90. The zero-order valence-corrected chi connectivity index (χ0v) is 11.3. The molecule has 0 atom stereocenters. The highest BCUT2D eigenvalue weighted by atomic mass is 32.1. The van der Waals surface area contributed by atoms with Crippen LogP contribution in [-0.2, 0) is 6.42 Å². The van der Waals surface area contributed by atoms with Crippen molar-refractivity contribution in [2.24, 2.45) is 0 Å². The third kappa shape index (κ3) is 1.55. The fraction of sp³-hybridized carbons (Fsp3) is 0.125. The molecule has 0 saturated carbocycles. The van der Waals surface area contributed by atoms with Gasteiger partial charge in [-0.25, -0.2) is 0 Å². The van der Waals surface area contributed by atoms with Crippen molar-refractivity contribution in [3.63, 3.8) is 0 Å². The molecular weight excluding hydrogens is 252 g/mol. The Balaban J connectivity index is 2.10. The van der Waals surface area contributed by atoms with Gasteiger partial charge in [-0.3, -0.25) is 0 Å². The van der Waals surface area contributed by atoms with Crippen LogP contribution >= 0.6 is 11.3 Å². The van der Waals surface area contributed by atoms with Crippen LogP contribution in [0, 0.1) is 0 Å². The molecule has 0 aliphatic carbocycles. The summed E-state index contributed by atoms with van der Waals surface area (Å²) in [6.45, 7) is 5.09. The Hall–Kier alpha value is -2.00. The van der Waals surface area contributed by atoms with Crippen LogP contribution in [0.25, 0.3) is 27.2 Å². The maximum Gasteiger partial charge on any atom is 0.0599 e. The molecule has 0 bridgehead atoms. The standard InChI is InChI=1S/C16H14N2S/c1-10-11-4-2-5-13-15(11)12(7-8-17-10)16(18-13)14-6-3-9-19-14/h2-6,9,17-18H,1,7-8H2.